The number of ether oxygens (including phenoxy) is 2. The zero-order valence-corrected chi connectivity index (χ0v) is 15.1. The molecule has 1 aliphatic rings. The van der Waals surface area contributed by atoms with Gasteiger partial charge in [-0.3, -0.25) is 9.69 Å². The van der Waals surface area contributed by atoms with Crippen LogP contribution in [0.2, 0.25) is 0 Å². The van der Waals surface area contributed by atoms with E-state index < -0.39 is 18.3 Å². The van der Waals surface area contributed by atoms with Crippen molar-refractivity contribution in [2.75, 3.05) is 46.5 Å². The molecule has 1 saturated heterocycles. The van der Waals surface area contributed by atoms with Gasteiger partial charge in [-0.1, -0.05) is 19.1 Å². The predicted octanol–water partition coefficient (Wildman–Crippen LogP) is 2.65. The van der Waals surface area contributed by atoms with E-state index in [1.807, 2.05) is 0 Å². The summed E-state index contributed by atoms with van der Waals surface area (Å²) in [6.45, 7) is 4.86. The number of para-hydroxylation sites is 1. The van der Waals surface area contributed by atoms with Gasteiger partial charge in [-0.15, -0.1) is 0 Å². The third-order valence-electron chi connectivity index (χ3n) is 4.55. The summed E-state index contributed by atoms with van der Waals surface area (Å²) in [5.74, 6) is -0.619. The van der Waals surface area contributed by atoms with E-state index >= 15 is 0 Å². The van der Waals surface area contributed by atoms with Gasteiger partial charge in [0.25, 0.3) is 5.91 Å². The molecule has 0 aliphatic carbocycles. The van der Waals surface area contributed by atoms with Crippen LogP contribution < -0.4 is 4.74 Å². The minimum Gasteiger partial charge on any atom is -0.483 e. The number of amides is 1. The molecule has 0 radical (unpaired) electrons. The van der Waals surface area contributed by atoms with Crippen LogP contribution in [0.4, 0.5) is 13.2 Å². The summed E-state index contributed by atoms with van der Waals surface area (Å²) in [7, 11) is 1.65. The number of methoxy groups -OCH3 is 1. The Balaban J connectivity index is 1.93. The molecule has 1 unspecified atom stereocenters. The second-order valence-corrected chi connectivity index (χ2v) is 6.21. The number of halogens is 3. The lowest BCUT2D eigenvalue weighted by atomic mass is 10.1. The molecule has 0 saturated carbocycles. The van der Waals surface area contributed by atoms with E-state index in [0.717, 1.165) is 19.0 Å². The van der Waals surface area contributed by atoms with Crippen LogP contribution in [0.1, 0.15) is 18.9 Å². The van der Waals surface area contributed by atoms with Crippen LogP contribution in [0.3, 0.4) is 0 Å². The van der Waals surface area contributed by atoms with Crippen molar-refractivity contribution in [3.05, 3.63) is 29.8 Å². The largest absolute Gasteiger partial charge is 0.483 e. The number of hydrogen-bond acceptors (Lipinski definition) is 4. The van der Waals surface area contributed by atoms with Gasteiger partial charge in [0.05, 0.1) is 12.2 Å². The SMILES string of the molecule is CCC1CN(C(=O)COc2ccccc2C(F)(F)F)CCN1CCOC. The zero-order valence-electron chi connectivity index (χ0n) is 15.1. The van der Waals surface area contributed by atoms with E-state index in [9.17, 15) is 18.0 Å². The number of piperazine rings is 1. The molecule has 0 spiro atoms. The van der Waals surface area contributed by atoms with Gasteiger partial charge in [-0.25, -0.2) is 0 Å². The highest BCUT2D eigenvalue weighted by molar-refractivity contribution is 5.78. The number of nitrogens with zero attached hydrogens (tertiary/aromatic N) is 2. The van der Waals surface area contributed by atoms with Crippen molar-refractivity contribution in [1.29, 1.82) is 0 Å². The standard InChI is InChI=1S/C18H25F3N2O3/c1-3-14-12-23(9-8-22(14)10-11-25-2)17(24)13-26-16-7-5-4-6-15(16)18(19,20)21/h4-7,14H,3,8-13H2,1-2H3. The molecule has 0 aromatic heterocycles. The van der Waals surface area contributed by atoms with Crippen LogP contribution in [0.5, 0.6) is 5.75 Å². The fourth-order valence-corrected chi connectivity index (χ4v) is 3.07. The first kappa shape index (κ1) is 20.5. The molecule has 1 aromatic rings. The average molecular weight is 374 g/mol. The van der Waals surface area contributed by atoms with Crippen molar-refractivity contribution in [2.45, 2.75) is 25.6 Å². The molecule has 2 rings (SSSR count). The van der Waals surface area contributed by atoms with Crippen molar-refractivity contribution < 1.29 is 27.4 Å². The second-order valence-electron chi connectivity index (χ2n) is 6.21. The average Bonchev–Trinajstić information content (AvgIpc) is 2.63. The number of carbonyl (C=O) groups excluding carboxylic acids is 1. The maximum Gasteiger partial charge on any atom is 0.419 e. The molecule has 1 amide bonds. The number of alkyl halides is 3. The van der Waals surface area contributed by atoms with E-state index in [1.54, 1.807) is 12.0 Å². The van der Waals surface area contributed by atoms with Crippen molar-refractivity contribution in [3.8, 4) is 5.75 Å². The monoisotopic (exact) mass is 374 g/mol. The Morgan fingerprint density at radius 3 is 2.65 bits per heavy atom. The number of rotatable bonds is 7. The Morgan fingerprint density at radius 1 is 1.27 bits per heavy atom. The summed E-state index contributed by atoms with van der Waals surface area (Å²) in [5.41, 5.74) is -0.872. The first-order valence-corrected chi connectivity index (χ1v) is 8.66. The van der Waals surface area contributed by atoms with Crippen molar-refractivity contribution >= 4 is 5.91 Å². The van der Waals surface area contributed by atoms with Gasteiger partial charge in [0.1, 0.15) is 5.75 Å². The van der Waals surface area contributed by atoms with Gasteiger partial charge in [0.2, 0.25) is 0 Å². The van der Waals surface area contributed by atoms with Gasteiger partial charge < -0.3 is 14.4 Å². The third-order valence-corrected chi connectivity index (χ3v) is 4.55. The molecular formula is C18H25F3N2O3. The summed E-state index contributed by atoms with van der Waals surface area (Å²) < 4.78 is 49.2. The molecular weight excluding hydrogens is 349 g/mol. The molecule has 0 bridgehead atoms. The van der Waals surface area contributed by atoms with Crippen LogP contribution in [-0.4, -0.2) is 68.3 Å². The van der Waals surface area contributed by atoms with Crippen LogP contribution in [0.15, 0.2) is 24.3 Å². The first-order valence-electron chi connectivity index (χ1n) is 8.66. The lowest BCUT2D eigenvalue weighted by Crippen LogP contribution is -2.55. The topological polar surface area (TPSA) is 42.0 Å². The second kappa shape index (κ2) is 9.23. The van der Waals surface area contributed by atoms with Crippen LogP contribution in [0.25, 0.3) is 0 Å². The highest BCUT2D eigenvalue weighted by atomic mass is 19.4. The summed E-state index contributed by atoms with van der Waals surface area (Å²) in [6.07, 6.45) is -3.63. The van der Waals surface area contributed by atoms with Crippen molar-refractivity contribution in [3.63, 3.8) is 0 Å². The molecule has 1 aliphatic heterocycles. The maximum atomic E-state index is 13.0. The highest BCUT2D eigenvalue weighted by Crippen LogP contribution is 2.35. The van der Waals surface area contributed by atoms with Crippen LogP contribution in [-0.2, 0) is 15.7 Å². The molecule has 1 fully saturated rings. The molecule has 5 nitrogen and oxygen atoms in total. The van der Waals surface area contributed by atoms with E-state index in [-0.39, 0.29) is 17.7 Å². The fraction of sp³-hybridized carbons (Fsp3) is 0.611. The van der Waals surface area contributed by atoms with E-state index in [4.69, 9.17) is 9.47 Å². The van der Waals surface area contributed by atoms with E-state index in [2.05, 4.69) is 11.8 Å². The van der Waals surface area contributed by atoms with Gasteiger partial charge in [0.15, 0.2) is 6.61 Å². The van der Waals surface area contributed by atoms with Crippen LogP contribution in [0, 0.1) is 0 Å². The van der Waals surface area contributed by atoms with Gasteiger partial charge in [0, 0.05) is 39.3 Å². The lowest BCUT2D eigenvalue weighted by Gasteiger charge is -2.41. The molecule has 146 valence electrons. The summed E-state index contributed by atoms with van der Waals surface area (Å²) in [6, 6.07) is 5.14. The van der Waals surface area contributed by atoms with E-state index in [1.165, 1.54) is 18.2 Å². The minimum atomic E-state index is -4.51. The molecule has 8 heteroatoms. The Kier molecular flexibility index (Phi) is 7.28. The number of hydrogen-bond donors (Lipinski definition) is 0. The molecule has 1 heterocycles. The van der Waals surface area contributed by atoms with Crippen molar-refractivity contribution in [1.82, 2.24) is 9.80 Å². The Morgan fingerprint density at radius 2 is 2.00 bits per heavy atom. The molecule has 1 aromatic carbocycles. The molecule has 26 heavy (non-hydrogen) atoms. The van der Waals surface area contributed by atoms with Gasteiger partial charge >= 0.3 is 6.18 Å². The van der Waals surface area contributed by atoms with E-state index in [0.29, 0.717) is 26.2 Å². The lowest BCUT2D eigenvalue weighted by molar-refractivity contribution is -0.142. The normalized spacial score (nSPS) is 18.8. The van der Waals surface area contributed by atoms with Gasteiger partial charge in [-0.2, -0.15) is 13.2 Å². The minimum absolute atomic E-state index is 0.213. The quantitative estimate of drug-likeness (QED) is 0.736. The summed E-state index contributed by atoms with van der Waals surface area (Å²) in [5, 5.41) is 0. The summed E-state index contributed by atoms with van der Waals surface area (Å²) in [4.78, 5) is 16.3. The zero-order chi connectivity index (χ0) is 19.2. The Hall–Kier alpha value is -1.80. The predicted molar refractivity (Wildman–Crippen MR) is 91.0 cm³/mol. The highest BCUT2D eigenvalue weighted by Gasteiger charge is 2.34. The Bertz CT molecular complexity index is 595. The number of benzene rings is 1. The van der Waals surface area contributed by atoms with Crippen molar-refractivity contribution in [2.24, 2.45) is 0 Å². The van der Waals surface area contributed by atoms with Gasteiger partial charge in [-0.05, 0) is 18.6 Å². The summed E-state index contributed by atoms with van der Waals surface area (Å²) >= 11 is 0. The fourth-order valence-electron chi connectivity index (χ4n) is 3.07. The molecule has 0 N–H and O–H groups in total. The maximum absolute atomic E-state index is 13.0. The smallest absolute Gasteiger partial charge is 0.419 e. The number of carbonyl (C=O) groups is 1. The Labute approximate surface area is 151 Å². The molecule has 1 atom stereocenters. The third kappa shape index (κ3) is 5.35. The van der Waals surface area contributed by atoms with Crippen LogP contribution >= 0.6 is 0 Å². The first-order chi connectivity index (χ1) is 12.4.